The number of amides is 1. The highest BCUT2D eigenvalue weighted by molar-refractivity contribution is 5.85. The fourth-order valence-electron chi connectivity index (χ4n) is 4.08. The van der Waals surface area contributed by atoms with Crippen LogP contribution in [0.15, 0.2) is 0 Å². The molecule has 0 heterocycles. The fourth-order valence-corrected chi connectivity index (χ4v) is 4.08. The molecule has 2 aliphatic rings. The summed E-state index contributed by atoms with van der Waals surface area (Å²) >= 11 is 0. The summed E-state index contributed by atoms with van der Waals surface area (Å²) in [5.41, 5.74) is 0. The minimum Gasteiger partial charge on any atom is -0.481 e. The molecule has 0 aliphatic heterocycles. The minimum atomic E-state index is -0.798. The average Bonchev–Trinajstić information content (AvgIpc) is 3.03. The molecule has 3 atom stereocenters. The highest BCUT2D eigenvalue weighted by Crippen LogP contribution is 2.39. The van der Waals surface area contributed by atoms with Crippen LogP contribution in [0.2, 0.25) is 0 Å². The van der Waals surface area contributed by atoms with Gasteiger partial charge in [-0.05, 0) is 37.5 Å². The van der Waals surface area contributed by atoms with Crippen molar-refractivity contribution >= 4 is 11.9 Å². The van der Waals surface area contributed by atoms with Gasteiger partial charge in [0, 0.05) is 12.6 Å². The molecule has 0 saturated heterocycles. The summed E-state index contributed by atoms with van der Waals surface area (Å²) in [6.45, 7) is 7.08. The van der Waals surface area contributed by atoms with Gasteiger partial charge in [0.2, 0.25) is 5.91 Å². The molecule has 120 valence electrons. The van der Waals surface area contributed by atoms with Gasteiger partial charge in [-0.15, -0.1) is 0 Å². The first-order valence-corrected chi connectivity index (χ1v) is 8.43. The van der Waals surface area contributed by atoms with Crippen molar-refractivity contribution in [1.82, 2.24) is 4.90 Å². The minimum absolute atomic E-state index is 0.104. The Bertz CT molecular complexity index is 387. The van der Waals surface area contributed by atoms with E-state index >= 15 is 0 Å². The Balaban J connectivity index is 2.14. The van der Waals surface area contributed by atoms with Gasteiger partial charge in [-0.25, -0.2) is 0 Å². The van der Waals surface area contributed by atoms with Gasteiger partial charge < -0.3 is 10.0 Å². The topological polar surface area (TPSA) is 57.6 Å². The fraction of sp³-hybridized carbons (Fsp3) is 0.882. The van der Waals surface area contributed by atoms with Gasteiger partial charge in [0.25, 0.3) is 0 Å². The maximum Gasteiger partial charge on any atom is 0.307 e. The highest BCUT2D eigenvalue weighted by Gasteiger charge is 2.44. The lowest BCUT2D eigenvalue weighted by Gasteiger charge is -2.33. The van der Waals surface area contributed by atoms with Crippen molar-refractivity contribution in [2.75, 3.05) is 6.54 Å². The largest absolute Gasteiger partial charge is 0.481 e. The smallest absolute Gasteiger partial charge is 0.307 e. The predicted octanol–water partition coefficient (Wildman–Crippen LogP) is 3.16. The molecule has 4 nitrogen and oxygen atoms in total. The van der Waals surface area contributed by atoms with Gasteiger partial charge in [-0.2, -0.15) is 0 Å². The SMILES string of the molecule is CC(C)CN(C(=O)C1CC(C)CC1C(=O)O)C1CCCC1. The van der Waals surface area contributed by atoms with Gasteiger partial charge in [0.05, 0.1) is 11.8 Å². The van der Waals surface area contributed by atoms with Crippen LogP contribution in [0.3, 0.4) is 0 Å². The van der Waals surface area contributed by atoms with Crippen LogP contribution in [-0.2, 0) is 9.59 Å². The Morgan fingerprint density at radius 1 is 1.14 bits per heavy atom. The quantitative estimate of drug-likeness (QED) is 0.847. The number of carbonyl (C=O) groups excluding carboxylic acids is 1. The van der Waals surface area contributed by atoms with E-state index in [4.69, 9.17) is 0 Å². The first-order valence-electron chi connectivity index (χ1n) is 8.43. The predicted molar refractivity (Wildman–Crippen MR) is 81.8 cm³/mol. The number of rotatable bonds is 5. The van der Waals surface area contributed by atoms with Crippen molar-refractivity contribution in [3.05, 3.63) is 0 Å². The first-order chi connectivity index (χ1) is 9.90. The van der Waals surface area contributed by atoms with Gasteiger partial charge in [0.15, 0.2) is 0 Å². The molecule has 21 heavy (non-hydrogen) atoms. The van der Waals surface area contributed by atoms with Crippen molar-refractivity contribution in [1.29, 1.82) is 0 Å². The molecule has 1 amide bonds. The first kappa shape index (κ1) is 16.3. The second kappa shape index (κ2) is 6.80. The van der Waals surface area contributed by atoms with E-state index in [1.807, 2.05) is 4.90 Å². The Morgan fingerprint density at radius 3 is 2.24 bits per heavy atom. The molecule has 2 aliphatic carbocycles. The number of carboxylic acid groups (broad SMARTS) is 1. The summed E-state index contributed by atoms with van der Waals surface area (Å²) in [6, 6.07) is 0.338. The standard InChI is InChI=1S/C17H29NO3/c1-11(2)10-18(13-6-4-5-7-13)16(19)14-8-12(3)9-15(14)17(20)21/h11-15H,4-10H2,1-3H3,(H,20,21). The zero-order valence-corrected chi connectivity index (χ0v) is 13.5. The number of aliphatic carboxylic acids is 1. The van der Waals surface area contributed by atoms with Gasteiger partial charge >= 0.3 is 5.97 Å². The Kier molecular flexibility index (Phi) is 5.28. The molecule has 0 aromatic rings. The van der Waals surface area contributed by atoms with Gasteiger partial charge in [0.1, 0.15) is 0 Å². The van der Waals surface area contributed by atoms with E-state index in [0.717, 1.165) is 25.8 Å². The van der Waals surface area contributed by atoms with Gasteiger partial charge in [-0.3, -0.25) is 9.59 Å². The third-order valence-electron chi connectivity index (χ3n) is 5.04. The number of carbonyl (C=O) groups is 2. The molecule has 1 N–H and O–H groups in total. The normalized spacial score (nSPS) is 30.0. The van der Waals surface area contributed by atoms with Crippen LogP contribution in [0.4, 0.5) is 0 Å². The van der Waals surface area contributed by atoms with Crippen LogP contribution in [0, 0.1) is 23.7 Å². The van der Waals surface area contributed by atoms with Gasteiger partial charge in [-0.1, -0.05) is 33.6 Å². The lowest BCUT2D eigenvalue weighted by atomic mass is 9.93. The molecule has 0 aromatic carbocycles. The van der Waals surface area contributed by atoms with Crippen LogP contribution in [-0.4, -0.2) is 34.5 Å². The Hall–Kier alpha value is -1.06. The molecule has 2 saturated carbocycles. The second-order valence-corrected chi connectivity index (χ2v) is 7.45. The molecule has 0 bridgehead atoms. The monoisotopic (exact) mass is 295 g/mol. The lowest BCUT2D eigenvalue weighted by Crippen LogP contribution is -2.46. The third-order valence-corrected chi connectivity index (χ3v) is 5.04. The second-order valence-electron chi connectivity index (χ2n) is 7.45. The molecular formula is C17H29NO3. The molecule has 4 heteroatoms. The van der Waals surface area contributed by atoms with E-state index in [9.17, 15) is 14.7 Å². The summed E-state index contributed by atoms with van der Waals surface area (Å²) in [4.78, 5) is 26.5. The third kappa shape index (κ3) is 3.78. The number of hydrogen-bond donors (Lipinski definition) is 1. The summed E-state index contributed by atoms with van der Waals surface area (Å²) < 4.78 is 0. The van der Waals surface area contributed by atoms with Crippen molar-refractivity contribution in [3.8, 4) is 0 Å². The number of carboxylic acids is 1. The molecule has 3 unspecified atom stereocenters. The van der Waals surface area contributed by atoms with Crippen LogP contribution in [0.1, 0.15) is 59.3 Å². The lowest BCUT2D eigenvalue weighted by molar-refractivity contribution is -0.150. The zero-order valence-electron chi connectivity index (χ0n) is 13.5. The molecular weight excluding hydrogens is 266 g/mol. The zero-order chi connectivity index (χ0) is 15.6. The van der Waals surface area contributed by atoms with Crippen LogP contribution >= 0.6 is 0 Å². The summed E-state index contributed by atoms with van der Waals surface area (Å²) in [6.07, 6.45) is 5.92. The van der Waals surface area contributed by atoms with Crippen molar-refractivity contribution in [2.45, 2.75) is 65.3 Å². The molecule has 2 fully saturated rings. The summed E-state index contributed by atoms with van der Waals surface area (Å²) in [5.74, 6) is -0.720. The van der Waals surface area contributed by atoms with Crippen LogP contribution < -0.4 is 0 Å². The van der Waals surface area contributed by atoms with E-state index < -0.39 is 11.9 Å². The average molecular weight is 295 g/mol. The Morgan fingerprint density at radius 2 is 1.71 bits per heavy atom. The van der Waals surface area contributed by atoms with Crippen LogP contribution in [0.25, 0.3) is 0 Å². The number of hydrogen-bond acceptors (Lipinski definition) is 2. The molecule has 0 aromatic heterocycles. The molecule has 2 rings (SSSR count). The molecule has 0 radical (unpaired) electrons. The van der Waals surface area contributed by atoms with E-state index in [0.29, 0.717) is 24.3 Å². The maximum absolute atomic E-state index is 13.0. The van der Waals surface area contributed by atoms with Crippen molar-refractivity contribution in [2.24, 2.45) is 23.7 Å². The maximum atomic E-state index is 13.0. The van der Waals surface area contributed by atoms with E-state index in [1.54, 1.807) is 0 Å². The van der Waals surface area contributed by atoms with Crippen LogP contribution in [0.5, 0.6) is 0 Å². The van der Waals surface area contributed by atoms with E-state index in [-0.39, 0.29) is 11.8 Å². The number of nitrogens with zero attached hydrogens (tertiary/aromatic N) is 1. The summed E-state index contributed by atoms with van der Waals surface area (Å²) in [5, 5.41) is 9.41. The summed E-state index contributed by atoms with van der Waals surface area (Å²) in [7, 11) is 0. The highest BCUT2D eigenvalue weighted by atomic mass is 16.4. The van der Waals surface area contributed by atoms with E-state index in [2.05, 4.69) is 20.8 Å². The van der Waals surface area contributed by atoms with Crippen molar-refractivity contribution < 1.29 is 14.7 Å². The van der Waals surface area contributed by atoms with Crippen molar-refractivity contribution in [3.63, 3.8) is 0 Å². The molecule has 0 spiro atoms. The Labute approximate surface area is 127 Å². The van der Waals surface area contributed by atoms with E-state index in [1.165, 1.54) is 12.8 Å².